The summed E-state index contributed by atoms with van der Waals surface area (Å²) in [6.07, 6.45) is 0. The number of nitrogens with one attached hydrogen (secondary N) is 1. The third kappa shape index (κ3) is 3.10. The maximum Gasteiger partial charge on any atom is 0.265 e. The molecule has 0 bridgehead atoms. The van der Waals surface area contributed by atoms with Crippen molar-refractivity contribution in [1.82, 2.24) is 14.9 Å². The van der Waals surface area contributed by atoms with Gasteiger partial charge >= 0.3 is 0 Å². The van der Waals surface area contributed by atoms with Crippen LogP contribution in [-0.4, -0.2) is 37.6 Å². The standard InChI is InChI=1S/C14H16N4O5S/c1-3-15-24(20,21)10-4-5-12-11(6-10)18(14(19)8-22-12)7-13-16-9(2)23-17-13/h4-6,15H,3,7-8H2,1-2H3. The molecule has 1 amide bonds. The van der Waals surface area contributed by atoms with Gasteiger partial charge in [0.05, 0.1) is 17.1 Å². The quantitative estimate of drug-likeness (QED) is 0.838. The number of fused-ring (bicyclic) bond motifs is 1. The van der Waals surface area contributed by atoms with E-state index in [1.807, 2.05) is 0 Å². The van der Waals surface area contributed by atoms with Gasteiger partial charge in [-0.05, 0) is 18.2 Å². The Kier molecular flexibility index (Phi) is 4.24. The third-order valence-electron chi connectivity index (χ3n) is 3.39. The fourth-order valence-electron chi connectivity index (χ4n) is 2.34. The van der Waals surface area contributed by atoms with Crippen molar-refractivity contribution in [3.63, 3.8) is 0 Å². The normalized spacial score (nSPS) is 14.4. The molecule has 0 atom stereocenters. The maximum absolute atomic E-state index is 12.2. The second kappa shape index (κ2) is 6.21. The Morgan fingerprint density at radius 2 is 2.17 bits per heavy atom. The van der Waals surface area contributed by atoms with E-state index in [0.29, 0.717) is 23.2 Å². The van der Waals surface area contributed by atoms with Crippen molar-refractivity contribution in [3.05, 3.63) is 29.9 Å². The first-order valence-corrected chi connectivity index (χ1v) is 8.75. The Hall–Kier alpha value is -2.46. The van der Waals surface area contributed by atoms with Gasteiger partial charge in [0.2, 0.25) is 15.9 Å². The van der Waals surface area contributed by atoms with E-state index in [9.17, 15) is 13.2 Å². The molecule has 10 heteroatoms. The van der Waals surface area contributed by atoms with E-state index in [-0.39, 0.29) is 30.5 Å². The molecule has 0 aliphatic carbocycles. The van der Waals surface area contributed by atoms with Crippen LogP contribution < -0.4 is 14.4 Å². The minimum atomic E-state index is -3.65. The third-order valence-corrected chi connectivity index (χ3v) is 4.93. The van der Waals surface area contributed by atoms with Crippen molar-refractivity contribution in [2.24, 2.45) is 0 Å². The summed E-state index contributed by atoms with van der Waals surface area (Å²) >= 11 is 0. The zero-order valence-electron chi connectivity index (χ0n) is 13.1. The number of ether oxygens (including phenoxy) is 1. The monoisotopic (exact) mass is 352 g/mol. The van der Waals surface area contributed by atoms with Gasteiger partial charge in [0.25, 0.3) is 5.91 Å². The van der Waals surface area contributed by atoms with Crippen LogP contribution in [-0.2, 0) is 21.4 Å². The molecule has 1 aromatic carbocycles. The molecule has 0 saturated heterocycles. The van der Waals surface area contributed by atoms with E-state index in [2.05, 4.69) is 14.9 Å². The van der Waals surface area contributed by atoms with Crippen LogP contribution in [0.5, 0.6) is 5.75 Å². The van der Waals surface area contributed by atoms with Crippen molar-refractivity contribution in [2.75, 3.05) is 18.1 Å². The van der Waals surface area contributed by atoms with Gasteiger partial charge in [-0.3, -0.25) is 9.69 Å². The molecule has 1 aliphatic heterocycles. The van der Waals surface area contributed by atoms with Gasteiger partial charge in [-0.15, -0.1) is 0 Å². The molecular weight excluding hydrogens is 336 g/mol. The van der Waals surface area contributed by atoms with Crippen LogP contribution in [0.25, 0.3) is 0 Å². The molecule has 3 rings (SSSR count). The Balaban J connectivity index is 2.00. The molecule has 0 unspecified atom stereocenters. The predicted octanol–water partition coefficient (Wildman–Crippen LogP) is 0.602. The number of nitrogens with zero attached hydrogens (tertiary/aromatic N) is 3. The first-order chi connectivity index (χ1) is 11.4. The lowest BCUT2D eigenvalue weighted by atomic mass is 10.2. The molecule has 0 radical (unpaired) electrons. The molecule has 2 heterocycles. The minimum absolute atomic E-state index is 0.0516. The highest BCUT2D eigenvalue weighted by molar-refractivity contribution is 7.89. The molecule has 1 aliphatic rings. The number of amides is 1. The molecule has 0 spiro atoms. The molecule has 24 heavy (non-hydrogen) atoms. The zero-order chi connectivity index (χ0) is 17.3. The van der Waals surface area contributed by atoms with E-state index >= 15 is 0 Å². The molecule has 1 N–H and O–H groups in total. The molecule has 1 aromatic heterocycles. The smallest absolute Gasteiger partial charge is 0.265 e. The van der Waals surface area contributed by atoms with Crippen LogP contribution in [0, 0.1) is 6.92 Å². The summed E-state index contributed by atoms with van der Waals surface area (Å²) < 4.78 is 37.0. The van der Waals surface area contributed by atoms with Crippen LogP contribution in [0.15, 0.2) is 27.6 Å². The number of sulfonamides is 1. The van der Waals surface area contributed by atoms with Crippen molar-refractivity contribution >= 4 is 21.6 Å². The summed E-state index contributed by atoms with van der Waals surface area (Å²) in [5, 5.41) is 3.77. The van der Waals surface area contributed by atoms with Gasteiger partial charge in [0.1, 0.15) is 5.75 Å². The molecule has 2 aromatic rings. The Morgan fingerprint density at radius 3 is 2.83 bits per heavy atom. The Morgan fingerprint density at radius 1 is 1.38 bits per heavy atom. The highest BCUT2D eigenvalue weighted by Gasteiger charge is 2.28. The number of benzene rings is 1. The number of hydrogen-bond donors (Lipinski definition) is 1. The highest BCUT2D eigenvalue weighted by Crippen LogP contribution is 2.34. The summed E-state index contributed by atoms with van der Waals surface area (Å²) in [6, 6.07) is 4.36. The van der Waals surface area contributed by atoms with Crippen LogP contribution in [0.1, 0.15) is 18.6 Å². The Bertz CT molecular complexity index is 877. The number of hydrogen-bond acceptors (Lipinski definition) is 7. The number of rotatable bonds is 5. The van der Waals surface area contributed by atoms with Gasteiger partial charge in [0, 0.05) is 13.5 Å². The number of anilines is 1. The predicted molar refractivity (Wildman–Crippen MR) is 83.0 cm³/mol. The van der Waals surface area contributed by atoms with Gasteiger partial charge in [-0.1, -0.05) is 12.1 Å². The first-order valence-electron chi connectivity index (χ1n) is 7.27. The van der Waals surface area contributed by atoms with E-state index in [1.54, 1.807) is 13.8 Å². The van der Waals surface area contributed by atoms with Crippen molar-refractivity contribution in [3.8, 4) is 5.75 Å². The van der Waals surface area contributed by atoms with E-state index in [1.165, 1.54) is 23.1 Å². The summed E-state index contributed by atoms with van der Waals surface area (Å²) in [5.41, 5.74) is 0.354. The lowest BCUT2D eigenvalue weighted by Crippen LogP contribution is -2.38. The zero-order valence-corrected chi connectivity index (χ0v) is 14.0. The van der Waals surface area contributed by atoms with Crippen LogP contribution in [0.2, 0.25) is 0 Å². The van der Waals surface area contributed by atoms with E-state index in [0.717, 1.165) is 0 Å². The SMILES string of the molecule is CCNS(=O)(=O)c1ccc2c(c1)N(Cc1noc(C)n1)C(=O)CO2. The van der Waals surface area contributed by atoms with Crippen LogP contribution in [0.3, 0.4) is 0 Å². The number of carbonyl (C=O) groups is 1. The van der Waals surface area contributed by atoms with E-state index < -0.39 is 10.0 Å². The van der Waals surface area contributed by atoms with Crippen LogP contribution >= 0.6 is 0 Å². The molecule has 128 valence electrons. The topological polar surface area (TPSA) is 115 Å². The largest absolute Gasteiger partial charge is 0.482 e. The maximum atomic E-state index is 12.2. The summed E-state index contributed by atoms with van der Waals surface area (Å²) in [5.74, 6) is 0.816. The second-order valence-electron chi connectivity index (χ2n) is 5.13. The van der Waals surface area contributed by atoms with Crippen molar-refractivity contribution < 1.29 is 22.5 Å². The van der Waals surface area contributed by atoms with Crippen molar-refractivity contribution in [2.45, 2.75) is 25.3 Å². The molecule has 0 fully saturated rings. The van der Waals surface area contributed by atoms with Gasteiger partial charge in [-0.25, -0.2) is 13.1 Å². The highest BCUT2D eigenvalue weighted by atomic mass is 32.2. The average molecular weight is 352 g/mol. The molecular formula is C14H16N4O5S. The average Bonchev–Trinajstić information content (AvgIpc) is 2.95. The fourth-order valence-corrected chi connectivity index (χ4v) is 3.40. The summed E-state index contributed by atoms with van der Waals surface area (Å²) in [6.45, 7) is 3.53. The summed E-state index contributed by atoms with van der Waals surface area (Å²) in [7, 11) is -3.65. The number of carbonyl (C=O) groups excluding carboxylic acids is 1. The number of aromatic nitrogens is 2. The van der Waals surface area contributed by atoms with Gasteiger partial charge in [-0.2, -0.15) is 4.98 Å². The lowest BCUT2D eigenvalue weighted by Gasteiger charge is -2.28. The Labute approximate surface area is 138 Å². The van der Waals surface area contributed by atoms with Crippen molar-refractivity contribution in [1.29, 1.82) is 0 Å². The van der Waals surface area contributed by atoms with Gasteiger partial charge in [0.15, 0.2) is 12.4 Å². The number of aryl methyl sites for hydroxylation is 1. The molecule has 9 nitrogen and oxygen atoms in total. The second-order valence-corrected chi connectivity index (χ2v) is 6.90. The molecule has 0 saturated carbocycles. The lowest BCUT2D eigenvalue weighted by molar-refractivity contribution is -0.121. The van der Waals surface area contributed by atoms with E-state index in [4.69, 9.17) is 9.26 Å². The fraction of sp³-hybridized carbons (Fsp3) is 0.357. The summed E-state index contributed by atoms with van der Waals surface area (Å²) in [4.78, 5) is 17.7. The van der Waals surface area contributed by atoms with Crippen LogP contribution in [0.4, 0.5) is 5.69 Å². The van der Waals surface area contributed by atoms with Gasteiger partial charge < -0.3 is 9.26 Å². The first kappa shape index (κ1) is 16.4. The minimum Gasteiger partial charge on any atom is -0.482 e.